The van der Waals surface area contributed by atoms with Crippen LogP contribution in [0, 0.1) is 50.0 Å². The molecule has 3 atom stereocenters. The Labute approximate surface area is 178 Å². The maximum atomic E-state index is 12.6. The molecule has 1 rings (SSSR count). The second kappa shape index (κ2) is 14.0. The average molecular weight is 536 g/mol. The van der Waals surface area contributed by atoms with Crippen LogP contribution in [-0.4, -0.2) is 41.5 Å². The summed E-state index contributed by atoms with van der Waals surface area (Å²) in [4.78, 5) is 14.7. The predicted octanol–water partition coefficient (Wildman–Crippen LogP) is 3.95. The van der Waals surface area contributed by atoms with Gasteiger partial charge >= 0.3 is 0 Å². The van der Waals surface area contributed by atoms with Crippen LogP contribution in [0.3, 0.4) is 0 Å². The van der Waals surface area contributed by atoms with Crippen molar-refractivity contribution in [1.82, 2.24) is 4.90 Å². The molecule has 0 amide bonds. The number of aliphatic hydroxyl groups is 1. The number of carbonyl (C=O) groups is 1. The van der Waals surface area contributed by atoms with Crippen LogP contribution in [0.1, 0.15) is 71.1 Å². The van der Waals surface area contributed by atoms with Gasteiger partial charge in [0.2, 0.25) is 0 Å². The van der Waals surface area contributed by atoms with Crippen molar-refractivity contribution < 1.29 is 54.0 Å². The van der Waals surface area contributed by atoms with Crippen molar-refractivity contribution in [3.63, 3.8) is 0 Å². The zero-order chi connectivity index (χ0) is 16.4. The molecule has 0 bridgehead atoms. The second-order valence-electron chi connectivity index (χ2n) is 6.96. The zero-order valence-corrected chi connectivity index (χ0v) is 19.9. The summed E-state index contributed by atoms with van der Waals surface area (Å²) in [5.41, 5.74) is 0. The Bertz CT molecular complexity index is 335. The van der Waals surface area contributed by atoms with Crippen molar-refractivity contribution in [2.75, 3.05) is 13.6 Å². The van der Waals surface area contributed by atoms with Crippen molar-refractivity contribution in [2.24, 2.45) is 5.92 Å². The number of hydrogen-bond donors (Lipinski definition) is 1. The molecule has 131 valence electrons. The second-order valence-corrected chi connectivity index (χ2v) is 6.96. The third kappa shape index (κ3) is 9.15. The number of Topliss-reactive ketones (excluding diaryl/α,β-unsaturated/α-hetero) is 1. The fourth-order valence-corrected chi connectivity index (χ4v) is 3.42. The van der Waals surface area contributed by atoms with Gasteiger partial charge in [0.05, 0.1) is 12.1 Å². The minimum Gasteiger partial charge on any atom is -0.391 e. The molecule has 3 nitrogen and oxygen atoms in total. The molecule has 0 aliphatic carbocycles. The minimum atomic E-state index is -0.597. The van der Waals surface area contributed by atoms with E-state index in [0.717, 1.165) is 32.2 Å². The van der Waals surface area contributed by atoms with Crippen LogP contribution >= 0.6 is 0 Å². The summed E-state index contributed by atoms with van der Waals surface area (Å²) < 4.78 is 0. The standard InChI is InChI=1S/C19H35NO2.Ac/c1-4-13-16(2)19(22)18-17(21)14-11-9-7-5-6-8-10-12-15-20(18)3;/h4,16,18-19,22H,1,5-15H2,2-3H3;/t16-,18-,19?;/m1./s1. The zero-order valence-electron chi connectivity index (χ0n) is 15.2. The smallest absolute Gasteiger partial charge is 0.152 e. The molecule has 1 heterocycles. The Hall–Kier alpha value is 0.772. The van der Waals surface area contributed by atoms with Gasteiger partial charge in [-0.15, -0.1) is 6.58 Å². The molecule has 23 heavy (non-hydrogen) atoms. The van der Waals surface area contributed by atoms with Crippen molar-refractivity contribution in [3.8, 4) is 0 Å². The molecular formula is C19H35AcNO2. The topological polar surface area (TPSA) is 40.5 Å². The summed E-state index contributed by atoms with van der Waals surface area (Å²) in [6, 6.07) is -0.351. The predicted molar refractivity (Wildman–Crippen MR) is 93.0 cm³/mol. The van der Waals surface area contributed by atoms with Crippen molar-refractivity contribution >= 4 is 5.78 Å². The molecule has 0 aromatic carbocycles. The summed E-state index contributed by atoms with van der Waals surface area (Å²) in [6.07, 6.45) is 12.2. The largest absolute Gasteiger partial charge is 0.391 e. The van der Waals surface area contributed by atoms with Gasteiger partial charge in [-0.05, 0) is 38.8 Å². The van der Waals surface area contributed by atoms with Crippen LogP contribution in [0.5, 0.6) is 0 Å². The Morgan fingerprint density at radius 3 is 2.26 bits per heavy atom. The average Bonchev–Trinajstić information content (AvgIpc) is 2.50. The van der Waals surface area contributed by atoms with Gasteiger partial charge in [-0.2, -0.15) is 0 Å². The number of carbonyl (C=O) groups excluding carboxylic acids is 1. The summed E-state index contributed by atoms with van der Waals surface area (Å²) >= 11 is 0. The van der Waals surface area contributed by atoms with E-state index in [4.69, 9.17) is 0 Å². The van der Waals surface area contributed by atoms with Gasteiger partial charge in [0.1, 0.15) is 0 Å². The number of aliphatic hydroxyl groups excluding tert-OH is 1. The first-order valence-corrected chi connectivity index (χ1v) is 9.09. The van der Waals surface area contributed by atoms with E-state index in [1.807, 2.05) is 20.0 Å². The molecule has 1 saturated heterocycles. The quantitative estimate of drug-likeness (QED) is 0.554. The van der Waals surface area contributed by atoms with Crippen LogP contribution in [0.25, 0.3) is 0 Å². The Morgan fingerprint density at radius 2 is 1.70 bits per heavy atom. The van der Waals surface area contributed by atoms with Crippen molar-refractivity contribution in [2.45, 2.75) is 83.3 Å². The van der Waals surface area contributed by atoms with E-state index >= 15 is 0 Å². The molecule has 4 heteroatoms. The van der Waals surface area contributed by atoms with Gasteiger partial charge in [0.25, 0.3) is 0 Å². The third-order valence-corrected chi connectivity index (χ3v) is 4.93. The van der Waals surface area contributed by atoms with Crippen molar-refractivity contribution in [1.29, 1.82) is 0 Å². The number of hydrogen-bond acceptors (Lipinski definition) is 3. The minimum absolute atomic E-state index is 0. The molecule has 1 radical (unpaired) electrons. The molecule has 0 aromatic rings. The first kappa shape index (κ1) is 23.8. The molecular weight excluding hydrogens is 501 g/mol. The molecule has 1 aliphatic heterocycles. The first-order chi connectivity index (χ1) is 10.6. The van der Waals surface area contributed by atoms with Gasteiger partial charge in [-0.3, -0.25) is 9.69 Å². The monoisotopic (exact) mass is 536 g/mol. The van der Waals surface area contributed by atoms with E-state index in [1.165, 1.54) is 32.1 Å². The Kier molecular flexibility index (Phi) is 14.5. The van der Waals surface area contributed by atoms with Crippen LogP contribution in [0.4, 0.5) is 0 Å². The van der Waals surface area contributed by atoms with E-state index in [1.54, 1.807) is 0 Å². The molecule has 1 fully saturated rings. The summed E-state index contributed by atoms with van der Waals surface area (Å²) in [7, 11) is 1.99. The fraction of sp³-hybridized carbons (Fsp3) is 0.842. The number of allylic oxidation sites excluding steroid dienone is 1. The molecule has 1 N–H and O–H groups in total. The molecule has 0 spiro atoms. The summed E-state index contributed by atoms with van der Waals surface area (Å²) in [5, 5.41) is 10.7. The maximum absolute atomic E-state index is 12.6. The van der Waals surface area contributed by atoms with Gasteiger partial charge in [-0.1, -0.05) is 51.5 Å². The first-order valence-electron chi connectivity index (χ1n) is 9.09. The van der Waals surface area contributed by atoms with E-state index in [9.17, 15) is 9.90 Å². The maximum Gasteiger partial charge on any atom is 0.152 e. The molecule has 0 aromatic heterocycles. The Balaban J connectivity index is 0.00000484. The van der Waals surface area contributed by atoms with E-state index < -0.39 is 6.10 Å². The van der Waals surface area contributed by atoms with Crippen LogP contribution in [0.15, 0.2) is 12.7 Å². The summed E-state index contributed by atoms with van der Waals surface area (Å²) in [6.45, 7) is 6.66. The number of ketones is 1. The molecule has 1 aliphatic rings. The van der Waals surface area contributed by atoms with Gasteiger partial charge in [0, 0.05) is 50.5 Å². The normalized spacial score (nSPS) is 25.2. The number of rotatable bonds is 4. The van der Waals surface area contributed by atoms with Crippen molar-refractivity contribution in [3.05, 3.63) is 12.7 Å². The Morgan fingerprint density at radius 1 is 1.17 bits per heavy atom. The van der Waals surface area contributed by atoms with Gasteiger partial charge in [-0.25, -0.2) is 0 Å². The van der Waals surface area contributed by atoms with Crippen LogP contribution < -0.4 is 0 Å². The number of nitrogens with zero attached hydrogens (tertiary/aromatic N) is 1. The number of likely N-dealkylation sites (N-methyl/N-ethyl adjacent to an activating group) is 1. The van der Waals surface area contributed by atoms with E-state index in [-0.39, 0.29) is 61.8 Å². The van der Waals surface area contributed by atoms with Gasteiger partial charge < -0.3 is 5.11 Å². The fourth-order valence-electron chi connectivity index (χ4n) is 3.42. The summed E-state index contributed by atoms with van der Waals surface area (Å²) in [5.74, 6) is 0.287. The third-order valence-electron chi connectivity index (χ3n) is 4.93. The molecule has 0 saturated carbocycles. The molecule has 1 unspecified atom stereocenters. The van der Waals surface area contributed by atoms with Gasteiger partial charge in [0.15, 0.2) is 5.78 Å². The van der Waals surface area contributed by atoms with Crippen LogP contribution in [0.2, 0.25) is 0 Å². The SMILES string of the molecule is C=CC[C@@H](C)C(O)[C@H]1C(=O)CCCCCCCCCCN1C.[Ac]. The van der Waals surface area contributed by atoms with E-state index in [0.29, 0.717) is 6.42 Å². The van der Waals surface area contributed by atoms with E-state index in [2.05, 4.69) is 11.5 Å². The van der Waals surface area contributed by atoms with Crippen LogP contribution in [-0.2, 0) is 4.79 Å².